The summed E-state index contributed by atoms with van der Waals surface area (Å²) in [5.74, 6) is 0.121. The quantitative estimate of drug-likeness (QED) is 0.507. The zero-order valence-electron chi connectivity index (χ0n) is 16.6. The molecule has 0 spiro atoms. The Morgan fingerprint density at radius 2 is 1.72 bits per heavy atom. The standard InChI is InChI=1S/C21H25NO6S/c1-16-3-6-18(7-4-16)27-13-14-28-21(23)20-15-19(8-5-17(20)2)29(24,25)22-9-11-26-12-10-22/h3-8,15H,9-14H2,1-2H3. The van der Waals surface area contributed by atoms with Gasteiger partial charge in [0.15, 0.2) is 0 Å². The number of esters is 1. The van der Waals surface area contributed by atoms with Crippen molar-refractivity contribution in [1.82, 2.24) is 4.31 Å². The molecular formula is C21H25NO6S. The maximum absolute atomic E-state index is 12.8. The van der Waals surface area contributed by atoms with Crippen molar-refractivity contribution >= 4 is 16.0 Å². The van der Waals surface area contributed by atoms with Gasteiger partial charge in [0.1, 0.15) is 19.0 Å². The molecule has 0 bridgehead atoms. The number of carbonyl (C=O) groups is 1. The molecule has 1 fully saturated rings. The Hall–Kier alpha value is -2.42. The highest BCUT2D eigenvalue weighted by molar-refractivity contribution is 7.89. The Morgan fingerprint density at radius 3 is 2.41 bits per heavy atom. The van der Waals surface area contributed by atoms with Crippen molar-refractivity contribution in [2.75, 3.05) is 39.5 Å². The maximum atomic E-state index is 12.8. The van der Waals surface area contributed by atoms with Gasteiger partial charge >= 0.3 is 5.97 Å². The summed E-state index contributed by atoms with van der Waals surface area (Å²) in [6.45, 7) is 5.32. The number of carbonyl (C=O) groups excluding carboxylic acids is 1. The summed E-state index contributed by atoms with van der Waals surface area (Å²) >= 11 is 0. The molecule has 0 aromatic heterocycles. The Morgan fingerprint density at radius 1 is 1.03 bits per heavy atom. The van der Waals surface area contributed by atoms with Crippen molar-refractivity contribution in [2.24, 2.45) is 0 Å². The van der Waals surface area contributed by atoms with E-state index < -0.39 is 16.0 Å². The molecule has 156 valence electrons. The second kappa shape index (κ2) is 9.39. The molecule has 7 nitrogen and oxygen atoms in total. The molecule has 0 amide bonds. The first kappa shape index (κ1) is 21.3. The number of ether oxygens (including phenoxy) is 3. The molecule has 0 saturated carbocycles. The van der Waals surface area contributed by atoms with Crippen molar-refractivity contribution in [3.63, 3.8) is 0 Å². The van der Waals surface area contributed by atoms with Crippen LogP contribution in [0.15, 0.2) is 47.4 Å². The third-order valence-electron chi connectivity index (χ3n) is 4.64. The lowest BCUT2D eigenvalue weighted by atomic mass is 10.1. The fourth-order valence-corrected chi connectivity index (χ4v) is 4.36. The minimum absolute atomic E-state index is 0.0621. The van der Waals surface area contributed by atoms with Crippen molar-refractivity contribution in [2.45, 2.75) is 18.7 Å². The highest BCUT2D eigenvalue weighted by Crippen LogP contribution is 2.21. The van der Waals surface area contributed by atoms with E-state index in [0.29, 0.717) is 37.6 Å². The zero-order valence-corrected chi connectivity index (χ0v) is 17.4. The number of benzene rings is 2. The number of rotatable bonds is 7. The smallest absolute Gasteiger partial charge is 0.338 e. The molecule has 0 unspecified atom stereocenters. The Balaban J connectivity index is 1.62. The van der Waals surface area contributed by atoms with Gasteiger partial charge in [-0.1, -0.05) is 23.8 Å². The minimum atomic E-state index is -3.68. The van der Waals surface area contributed by atoms with E-state index in [-0.39, 0.29) is 23.7 Å². The monoisotopic (exact) mass is 419 g/mol. The Kier molecular flexibility index (Phi) is 6.89. The average Bonchev–Trinajstić information content (AvgIpc) is 2.73. The summed E-state index contributed by atoms with van der Waals surface area (Å²) in [6, 6.07) is 12.1. The molecule has 2 aromatic carbocycles. The lowest BCUT2D eigenvalue weighted by Gasteiger charge is -2.26. The van der Waals surface area contributed by atoms with E-state index >= 15 is 0 Å². The zero-order chi connectivity index (χ0) is 20.9. The summed E-state index contributed by atoms with van der Waals surface area (Å²) in [7, 11) is -3.68. The average molecular weight is 419 g/mol. The number of hydrogen-bond donors (Lipinski definition) is 0. The predicted molar refractivity (Wildman–Crippen MR) is 108 cm³/mol. The second-order valence-corrected chi connectivity index (χ2v) is 8.73. The highest BCUT2D eigenvalue weighted by Gasteiger charge is 2.27. The van der Waals surface area contributed by atoms with Gasteiger partial charge in [-0.15, -0.1) is 0 Å². The van der Waals surface area contributed by atoms with Gasteiger partial charge in [0, 0.05) is 13.1 Å². The molecule has 0 aliphatic carbocycles. The van der Waals surface area contributed by atoms with Crippen molar-refractivity contribution in [3.8, 4) is 5.75 Å². The second-order valence-electron chi connectivity index (χ2n) is 6.79. The van der Waals surface area contributed by atoms with Crippen molar-refractivity contribution in [3.05, 3.63) is 59.2 Å². The minimum Gasteiger partial charge on any atom is -0.490 e. The summed E-state index contributed by atoms with van der Waals surface area (Å²) in [5.41, 5.74) is 2.01. The topological polar surface area (TPSA) is 82.1 Å². The number of nitrogens with zero attached hydrogens (tertiary/aromatic N) is 1. The normalized spacial score (nSPS) is 15.1. The Bertz CT molecular complexity index is 950. The molecule has 29 heavy (non-hydrogen) atoms. The molecule has 1 aliphatic rings. The number of sulfonamides is 1. The first-order chi connectivity index (χ1) is 13.9. The molecule has 3 rings (SSSR count). The summed E-state index contributed by atoms with van der Waals surface area (Å²) in [6.07, 6.45) is 0. The highest BCUT2D eigenvalue weighted by atomic mass is 32.2. The van der Waals surface area contributed by atoms with Gasteiger partial charge in [-0.05, 0) is 43.7 Å². The molecule has 0 atom stereocenters. The van der Waals surface area contributed by atoms with E-state index in [1.165, 1.54) is 16.4 Å². The SMILES string of the molecule is Cc1ccc(OCCOC(=O)c2cc(S(=O)(=O)N3CCOCC3)ccc2C)cc1. The third-order valence-corrected chi connectivity index (χ3v) is 6.54. The van der Waals surface area contributed by atoms with Gasteiger partial charge in [0.25, 0.3) is 0 Å². The van der Waals surface area contributed by atoms with Crippen LogP contribution in [0.25, 0.3) is 0 Å². The van der Waals surface area contributed by atoms with E-state index in [1.54, 1.807) is 13.0 Å². The molecule has 2 aromatic rings. The van der Waals surface area contributed by atoms with E-state index in [4.69, 9.17) is 14.2 Å². The number of aryl methyl sites for hydroxylation is 2. The molecule has 1 aliphatic heterocycles. The largest absolute Gasteiger partial charge is 0.490 e. The van der Waals surface area contributed by atoms with Crippen LogP contribution < -0.4 is 4.74 Å². The third kappa shape index (κ3) is 5.35. The Labute approximate surface area is 171 Å². The van der Waals surface area contributed by atoms with Gasteiger partial charge < -0.3 is 14.2 Å². The van der Waals surface area contributed by atoms with Crippen molar-refractivity contribution < 1.29 is 27.4 Å². The van der Waals surface area contributed by atoms with Crippen molar-refractivity contribution in [1.29, 1.82) is 0 Å². The molecule has 1 heterocycles. The molecule has 0 radical (unpaired) electrons. The van der Waals surface area contributed by atoms with Gasteiger partial charge in [0.05, 0.1) is 23.7 Å². The van der Waals surface area contributed by atoms with Gasteiger partial charge in [-0.25, -0.2) is 13.2 Å². The molecular weight excluding hydrogens is 394 g/mol. The van der Waals surface area contributed by atoms with Gasteiger partial charge in [-0.3, -0.25) is 0 Å². The summed E-state index contributed by atoms with van der Waals surface area (Å²) < 4.78 is 43.0. The summed E-state index contributed by atoms with van der Waals surface area (Å²) in [5, 5.41) is 0. The van der Waals surface area contributed by atoms with Crippen LogP contribution in [0, 0.1) is 13.8 Å². The maximum Gasteiger partial charge on any atom is 0.338 e. The van der Waals surface area contributed by atoms with Crippen LogP contribution in [0.3, 0.4) is 0 Å². The van der Waals surface area contributed by atoms with Crippen LogP contribution >= 0.6 is 0 Å². The van der Waals surface area contributed by atoms with Crippen LogP contribution in [-0.4, -0.2) is 58.2 Å². The van der Waals surface area contributed by atoms with E-state index in [0.717, 1.165) is 5.56 Å². The van der Waals surface area contributed by atoms with E-state index in [2.05, 4.69) is 0 Å². The van der Waals surface area contributed by atoms with Crippen LogP contribution in [0.2, 0.25) is 0 Å². The van der Waals surface area contributed by atoms with E-state index in [9.17, 15) is 13.2 Å². The molecule has 0 N–H and O–H groups in total. The lowest BCUT2D eigenvalue weighted by Crippen LogP contribution is -2.40. The van der Waals surface area contributed by atoms with Crippen LogP contribution in [0.5, 0.6) is 5.75 Å². The van der Waals surface area contributed by atoms with Crippen LogP contribution in [-0.2, 0) is 19.5 Å². The fraction of sp³-hybridized carbons (Fsp3) is 0.381. The van der Waals surface area contributed by atoms with Gasteiger partial charge in [-0.2, -0.15) is 4.31 Å². The van der Waals surface area contributed by atoms with Crippen LogP contribution in [0.4, 0.5) is 0 Å². The van der Waals surface area contributed by atoms with E-state index in [1.807, 2.05) is 31.2 Å². The lowest BCUT2D eigenvalue weighted by molar-refractivity contribution is 0.0449. The number of morpholine rings is 1. The van der Waals surface area contributed by atoms with Crippen LogP contribution in [0.1, 0.15) is 21.5 Å². The first-order valence-electron chi connectivity index (χ1n) is 9.43. The fourth-order valence-electron chi connectivity index (χ4n) is 2.92. The predicted octanol–water partition coefficient (Wildman–Crippen LogP) is 2.56. The molecule has 1 saturated heterocycles. The van der Waals surface area contributed by atoms with Gasteiger partial charge in [0.2, 0.25) is 10.0 Å². The summed E-state index contributed by atoms with van der Waals surface area (Å²) in [4.78, 5) is 12.5. The number of hydrogen-bond acceptors (Lipinski definition) is 6. The first-order valence-corrected chi connectivity index (χ1v) is 10.9. The molecule has 8 heteroatoms.